The van der Waals surface area contributed by atoms with Gasteiger partial charge in [0.15, 0.2) is 0 Å². The number of unbranched alkanes of at least 4 members (excludes halogenated alkanes) is 1. The van der Waals surface area contributed by atoms with Crippen molar-refractivity contribution in [1.29, 1.82) is 0 Å². The third-order valence-corrected chi connectivity index (χ3v) is 3.79. The van der Waals surface area contributed by atoms with E-state index >= 15 is 0 Å². The zero-order chi connectivity index (χ0) is 14.8. The number of nitrogens with one attached hydrogen (secondary N) is 1. The average molecular weight is 290 g/mol. The summed E-state index contributed by atoms with van der Waals surface area (Å²) in [5.74, 6) is 0.245. The van der Waals surface area contributed by atoms with Crippen LogP contribution in [-0.4, -0.2) is 50.2 Å². The van der Waals surface area contributed by atoms with Crippen LogP contribution in [0, 0.1) is 0 Å². The first-order valence-electron chi connectivity index (χ1n) is 7.96. The van der Waals surface area contributed by atoms with Gasteiger partial charge < -0.3 is 15.0 Å². The van der Waals surface area contributed by atoms with Crippen LogP contribution in [0.3, 0.4) is 0 Å². The predicted molar refractivity (Wildman–Crippen MR) is 84.3 cm³/mol. The molecule has 1 aliphatic heterocycles. The minimum Gasteiger partial charge on any atom is -0.378 e. The Hall–Kier alpha value is -1.39. The SMILES string of the molecule is O=C(CCNCCCCc1ccccc1)N1CCOCC1. The second-order valence-electron chi connectivity index (χ2n) is 5.44. The summed E-state index contributed by atoms with van der Waals surface area (Å²) >= 11 is 0. The van der Waals surface area contributed by atoms with Crippen LogP contribution in [-0.2, 0) is 16.0 Å². The molecule has 0 radical (unpaired) electrons. The van der Waals surface area contributed by atoms with Gasteiger partial charge in [0, 0.05) is 26.1 Å². The minimum absolute atomic E-state index is 0.245. The molecule has 0 spiro atoms. The number of benzene rings is 1. The van der Waals surface area contributed by atoms with Crippen LogP contribution < -0.4 is 5.32 Å². The molecule has 1 aromatic carbocycles. The molecule has 0 unspecified atom stereocenters. The van der Waals surface area contributed by atoms with Crippen molar-refractivity contribution in [2.24, 2.45) is 0 Å². The third kappa shape index (κ3) is 6.27. The summed E-state index contributed by atoms with van der Waals surface area (Å²) in [6.07, 6.45) is 4.07. The van der Waals surface area contributed by atoms with Crippen molar-refractivity contribution in [2.45, 2.75) is 25.7 Å². The fourth-order valence-electron chi connectivity index (χ4n) is 2.51. The van der Waals surface area contributed by atoms with E-state index in [9.17, 15) is 4.79 Å². The van der Waals surface area contributed by atoms with E-state index < -0.39 is 0 Å². The Kier molecular flexibility index (Phi) is 7.25. The molecule has 4 heteroatoms. The number of hydrogen-bond donors (Lipinski definition) is 1. The number of carbonyl (C=O) groups excluding carboxylic acids is 1. The lowest BCUT2D eigenvalue weighted by Crippen LogP contribution is -2.41. The first kappa shape index (κ1) is 16.0. The van der Waals surface area contributed by atoms with Gasteiger partial charge in [-0.1, -0.05) is 30.3 Å². The lowest BCUT2D eigenvalue weighted by molar-refractivity contribution is -0.135. The van der Waals surface area contributed by atoms with Gasteiger partial charge in [-0.15, -0.1) is 0 Å². The zero-order valence-corrected chi connectivity index (χ0v) is 12.7. The predicted octanol–water partition coefficient (Wildman–Crippen LogP) is 1.85. The van der Waals surface area contributed by atoms with Crippen LogP contribution >= 0.6 is 0 Å². The standard InChI is InChI=1S/C17H26N2O2/c20-17(19-12-14-21-15-13-19)9-11-18-10-5-4-8-16-6-2-1-3-7-16/h1-3,6-7,18H,4-5,8-15H2. The molecule has 1 aliphatic rings. The second kappa shape index (κ2) is 9.53. The topological polar surface area (TPSA) is 41.6 Å². The van der Waals surface area contributed by atoms with Gasteiger partial charge in [-0.2, -0.15) is 0 Å². The van der Waals surface area contributed by atoms with E-state index in [0.717, 1.165) is 39.0 Å². The summed E-state index contributed by atoms with van der Waals surface area (Å²) in [7, 11) is 0. The smallest absolute Gasteiger partial charge is 0.224 e. The molecule has 1 amide bonds. The monoisotopic (exact) mass is 290 g/mol. The molecule has 0 aromatic heterocycles. The van der Waals surface area contributed by atoms with Gasteiger partial charge in [0.05, 0.1) is 13.2 Å². The van der Waals surface area contributed by atoms with E-state index in [1.165, 1.54) is 12.0 Å². The van der Waals surface area contributed by atoms with Crippen LogP contribution in [0.5, 0.6) is 0 Å². The number of hydrogen-bond acceptors (Lipinski definition) is 3. The van der Waals surface area contributed by atoms with Gasteiger partial charge in [0.25, 0.3) is 0 Å². The molecule has 1 heterocycles. The number of amides is 1. The zero-order valence-electron chi connectivity index (χ0n) is 12.7. The molecule has 0 bridgehead atoms. The van der Waals surface area contributed by atoms with Crippen molar-refractivity contribution < 1.29 is 9.53 Å². The molecule has 1 fully saturated rings. The van der Waals surface area contributed by atoms with Crippen LogP contribution in [0.2, 0.25) is 0 Å². The lowest BCUT2D eigenvalue weighted by atomic mass is 10.1. The number of ether oxygens (including phenoxy) is 1. The Balaban J connectivity index is 1.45. The molecular weight excluding hydrogens is 264 g/mol. The highest BCUT2D eigenvalue weighted by molar-refractivity contribution is 5.76. The van der Waals surface area contributed by atoms with Gasteiger partial charge in [-0.3, -0.25) is 4.79 Å². The quantitative estimate of drug-likeness (QED) is 0.743. The molecule has 1 N–H and O–H groups in total. The minimum atomic E-state index is 0.245. The highest BCUT2D eigenvalue weighted by atomic mass is 16.5. The van der Waals surface area contributed by atoms with Crippen molar-refractivity contribution in [2.75, 3.05) is 39.4 Å². The summed E-state index contributed by atoms with van der Waals surface area (Å²) in [4.78, 5) is 13.8. The average Bonchev–Trinajstić information content (AvgIpc) is 2.55. The largest absolute Gasteiger partial charge is 0.378 e. The fourth-order valence-corrected chi connectivity index (χ4v) is 2.51. The van der Waals surface area contributed by atoms with Gasteiger partial charge in [-0.05, 0) is 31.4 Å². The Morgan fingerprint density at radius 2 is 1.86 bits per heavy atom. The molecule has 4 nitrogen and oxygen atoms in total. The van der Waals surface area contributed by atoms with Gasteiger partial charge >= 0.3 is 0 Å². The van der Waals surface area contributed by atoms with Crippen LogP contribution in [0.25, 0.3) is 0 Å². The third-order valence-electron chi connectivity index (χ3n) is 3.79. The van der Waals surface area contributed by atoms with E-state index in [4.69, 9.17) is 4.74 Å². The summed E-state index contributed by atoms with van der Waals surface area (Å²) in [5.41, 5.74) is 1.40. The summed E-state index contributed by atoms with van der Waals surface area (Å²) in [5, 5.41) is 3.36. The molecule has 1 saturated heterocycles. The van der Waals surface area contributed by atoms with E-state index in [0.29, 0.717) is 19.6 Å². The normalized spacial score (nSPS) is 15.1. The maximum Gasteiger partial charge on any atom is 0.224 e. The van der Waals surface area contributed by atoms with Crippen LogP contribution in [0.1, 0.15) is 24.8 Å². The van der Waals surface area contributed by atoms with Gasteiger partial charge in [-0.25, -0.2) is 0 Å². The molecule has 116 valence electrons. The van der Waals surface area contributed by atoms with Crippen molar-refractivity contribution in [1.82, 2.24) is 10.2 Å². The summed E-state index contributed by atoms with van der Waals surface area (Å²) in [6.45, 7) is 4.62. The number of rotatable bonds is 8. The highest BCUT2D eigenvalue weighted by Gasteiger charge is 2.15. The van der Waals surface area contributed by atoms with E-state index in [1.54, 1.807) is 0 Å². The molecule has 0 atom stereocenters. The summed E-state index contributed by atoms with van der Waals surface area (Å²) in [6, 6.07) is 10.6. The molecule has 2 rings (SSSR count). The van der Waals surface area contributed by atoms with Crippen molar-refractivity contribution in [3.05, 3.63) is 35.9 Å². The number of morpholine rings is 1. The van der Waals surface area contributed by atoms with Crippen molar-refractivity contribution >= 4 is 5.91 Å². The molecule has 21 heavy (non-hydrogen) atoms. The van der Waals surface area contributed by atoms with E-state index in [1.807, 2.05) is 4.90 Å². The molecule has 1 aromatic rings. The van der Waals surface area contributed by atoms with Gasteiger partial charge in [0.2, 0.25) is 5.91 Å². The van der Waals surface area contributed by atoms with Crippen molar-refractivity contribution in [3.63, 3.8) is 0 Å². The maximum absolute atomic E-state index is 11.9. The highest BCUT2D eigenvalue weighted by Crippen LogP contribution is 2.04. The van der Waals surface area contributed by atoms with E-state index in [2.05, 4.69) is 35.6 Å². The second-order valence-corrected chi connectivity index (χ2v) is 5.44. The van der Waals surface area contributed by atoms with Crippen LogP contribution in [0.4, 0.5) is 0 Å². The first-order chi connectivity index (χ1) is 10.4. The first-order valence-corrected chi connectivity index (χ1v) is 7.96. The number of carbonyl (C=O) groups is 1. The Morgan fingerprint density at radius 3 is 2.62 bits per heavy atom. The Labute approximate surface area is 127 Å². The van der Waals surface area contributed by atoms with Crippen molar-refractivity contribution in [3.8, 4) is 0 Å². The van der Waals surface area contributed by atoms with E-state index in [-0.39, 0.29) is 5.91 Å². The van der Waals surface area contributed by atoms with Crippen LogP contribution in [0.15, 0.2) is 30.3 Å². The number of aryl methyl sites for hydroxylation is 1. The fraction of sp³-hybridized carbons (Fsp3) is 0.588. The molecular formula is C17H26N2O2. The Morgan fingerprint density at radius 1 is 1.10 bits per heavy atom. The maximum atomic E-state index is 11.9. The molecule has 0 saturated carbocycles. The lowest BCUT2D eigenvalue weighted by Gasteiger charge is -2.26. The van der Waals surface area contributed by atoms with Gasteiger partial charge in [0.1, 0.15) is 0 Å². The molecule has 0 aliphatic carbocycles. The summed E-state index contributed by atoms with van der Waals surface area (Å²) < 4.78 is 5.25. The Bertz CT molecular complexity index is 403. The number of nitrogens with zero attached hydrogens (tertiary/aromatic N) is 1.